The number of ether oxygens (including phenoxy) is 4. The molecule has 1 fully saturated rings. The largest absolute Gasteiger partial charge is 0.451 e. The second-order valence-corrected chi connectivity index (χ2v) is 20.8. The Hall–Kier alpha value is -5.67. The third kappa shape index (κ3) is 16.7. The number of cyclic esters (lactones) is 4. The van der Waals surface area contributed by atoms with Crippen molar-refractivity contribution in [3.63, 3.8) is 0 Å². The molecule has 0 spiro atoms. The van der Waals surface area contributed by atoms with Crippen molar-refractivity contribution in [1.82, 2.24) is 19.6 Å². The third-order valence-corrected chi connectivity index (χ3v) is 12.5. The first-order valence-electron chi connectivity index (χ1n) is 24.6. The Morgan fingerprint density at radius 3 is 0.943 bits per heavy atom. The Balaban J connectivity index is 2.27. The van der Waals surface area contributed by atoms with Crippen LogP contribution >= 0.6 is 0 Å². The molecule has 384 valence electrons. The van der Waals surface area contributed by atoms with Gasteiger partial charge in [0.1, 0.15) is 39.9 Å². The zero-order valence-electron chi connectivity index (χ0n) is 44.5. The fourth-order valence-corrected chi connectivity index (χ4v) is 8.59. The van der Waals surface area contributed by atoms with Crippen molar-refractivity contribution < 1.29 is 57.3 Å². The van der Waals surface area contributed by atoms with Crippen LogP contribution in [0.2, 0.25) is 0 Å². The van der Waals surface area contributed by atoms with Crippen molar-refractivity contribution in [1.29, 1.82) is 0 Å². The van der Waals surface area contributed by atoms with E-state index in [9.17, 15) is 38.4 Å². The minimum atomic E-state index is -1.48. The van der Waals surface area contributed by atoms with Crippen molar-refractivity contribution in [3.8, 4) is 0 Å². The van der Waals surface area contributed by atoms with Crippen LogP contribution in [-0.4, -0.2) is 160 Å². The van der Waals surface area contributed by atoms with E-state index in [0.29, 0.717) is 11.1 Å². The smallest absolute Gasteiger partial charge is 0.329 e. The molecular formula is C52H78B2N4O12. The first-order valence-corrected chi connectivity index (χ1v) is 24.6. The topological polar surface area (TPSA) is 186 Å². The van der Waals surface area contributed by atoms with Gasteiger partial charge in [-0.25, -0.2) is 19.2 Å². The van der Waals surface area contributed by atoms with Gasteiger partial charge in [-0.15, -0.1) is 0 Å². The lowest BCUT2D eigenvalue weighted by molar-refractivity contribution is -0.176. The molecular weight excluding hydrogens is 894 g/mol. The third-order valence-electron chi connectivity index (χ3n) is 12.5. The average molecular weight is 973 g/mol. The number of amides is 4. The lowest BCUT2D eigenvalue weighted by Gasteiger charge is -2.35. The minimum absolute atomic E-state index is 0.0809. The normalized spacial score (nSPS) is 24.8. The number of hydrogen-bond donors (Lipinski definition) is 0. The van der Waals surface area contributed by atoms with Crippen LogP contribution in [0.15, 0.2) is 48.5 Å². The predicted molar refractivity (Wildman–Crippen MR) is 272 cm³/mol. The molecule has 1 aliphatic rings. The zero-order valence-corrected chi connectivity index (χ0v) is 44.5. The number of nitrogens with zero attached hydrogens (tertiary/aromatic N) is 4. The van der Waals surface area contributed by atoms with Crippen LogP contribution in [-0.2, 0) is 70.1 Å². The van der Waals surface area contributed by atoms with Crippen LogP contribution < -0.4 is 10.9 Å². The molecule has 70 heavy (non-hydrogen) atoms. The van der Waals surface area contributed by atoms with Gasteiger partial charge < -0.3 is 38.5 Å². The van der Waals surface area contributed by atoms with Crippen LogP contribution in [0, 0.1) is 23.7 Å². The van der Waals surface area contributed by atoms with Crippen molar-refractivity contribution in [2.24, 2.45) is 23.7 Å². The lowest BCUT2D eigenvalue weighted by Crippen LogP contribution is -2.55. The van der Waals surface area contributed by atoms with E-state index in [4.69, 9.17) is 18.9 Å². The van der Waals surface area contributed by atoms with E-state index in [1.165, 1.54) is 42.0 Å². The van der Waals surface area contributed by atoms with Crippen LogP contribution in [0.5, 0.6) is 0 Å². The Morgan fingerprint density at radius 1 is 0.429 bits per heavy atom. The SMILES string of the molecule is Bc1cccc(C[C@H]2OC(=O)[C@H](CC(C)C)N(C)C(=O)[C@@H](C)OC(=O)[C@H](CC(C)C)N(C)C(=O)[C@@H](Cc3cccc(B)c3)OC(=O)[C@H](CC(C)C)N(C)C(=O)[C@@H](C)OC(=O)[C@H](CC(C)C)N(C)C2=O)c1. The summed E-state index contributed by atoms with van der Waals surface area (Å²) in [6, 6.07) is 9.65. The summed E-state index contributed by atoms with van der Waals surface area (Å²) < 4.78 is 23.9. The molecule has 1 heterocycles. The number of esters is 4. The molecule has 0 aromatic heterocycles. The first kappa shape index (κ1) is 58.6. The van der Waals surface area contributed by atoms with E-state index in [-0.39, 0.29) is 62.2 Å². The standard InChI is InChI=1S/C52H78B2N4O12/c1-29(2)21-39-49(63)67-33(9)45(59)55(11)42(24-32(7)8)52(66)70-44(28-36-18-16-20-38(54)26-36)48(62)58(14)40(22-30(3)4)50(64)68-34(10)46(60)56(12)41(23-31(5)6)51(65)69-43(47(61)57(39)13)27-35-17-15-19-37(53)25-35/h15-20,25-26,29-34,39-44H,21-24,27-28,53-54H2,1-14H3/t33-,34-,39+,40+,41+,42+,43-,44-/m1/s1. The van der Waals surface area contributed by atoms with Gasteiger partial charge in [0, 0.05) is 41.0 Å². The molecule has 0 saturated carbocycles. The monoisotopic (exact) mass is 973 g/mol. The molecule has 0 aliphatic carbocycles. The van der Waals surface area contributed by atoms with E-state index in [2.05, 4.69) is 0 Å². The van der Waals surface area contributed by atoms with E-state index in [0.717, 1.165) is 30.5 Å². The van der Waals surface area contributed by atoms with E-state index >= 15 is 0 Å². The van der Waals surface area contributed by atoms with Gasteiger partial charge in [0.2, 0.25) is 0 Å². The predicted octanol–water partition coefficient (Wildman–Crippen LogP) is 2.18. The summed E-state index contributed by atoms with van der Waals surface area (Å²) in [6.07, 6.45) is -5.58. The maximum Gasteiger partial charge on any atom is 0.329 e. The Kier molecular flexibility index (Phi) is 22.2. The van der Waals surface area contributed by atoms with Gasteiger partial charge in [-0.2, -0.15) is 0 Å². The Morgan fingerprint density at radius 2 is 0.686 bits per heavy atom. The van der Waals surface area contributed by atoms with Crippen molar-refractivity contribution in [2.75, 3.05) is 28.2 Å². The average Bonchev–Trinajstić information content (AvgIpc) is 3.27. The molecule has 3 rings (SSSR count). The maximum atomic E-state index is 14.7. The molecule has 0 N–H and O–H groups in total. The molecule has 2 aromatic carbocycles. The van der Waals surface area contributed by atoms with Gasteiger partial charge in [-0.1, -0.05) is 115 Å². The number of rotatable bonds is 12. The van der Waals surface area contributed by atoms with Gasteiger partial charge in [0.05, 0.1) is 0 Å². The van der Waals surface area contributed by atoms with Gasteiger partial charge >= 0.3 is 23.9 Å². The highest BCUT2D eigenvalue weighted by Crippen LogP contribution is 2.24. The summed E-state index contributed by atoms with van der Waals surface area (Å²) in [5, 5.41) is 0. The molecule has 0 unspecified atom stereocenters. The molecule has 1 aliphatic heterocycles. The maximum absolute atomic E-state index is 14.7. The first-order chi connectivity index (χ1) is 32.6. The minimum Gasteiger partial charge on any atom is -0.451 e. The quantitative estimate of drug-likeness (QED) is 0.172. The van der Waals surface area contributed by atoms with Gasteiger partial charge in [-0.3, -0.25) is 19.2 Å². The highest BCUT2D eigenvalue weighted by Gasteiger charge is 2.43. The van der Waals surface area contributed by atoms with Crippen molar-refractivity contribution in [2.45, 2.75) is 156 Å². The molecule has 16 nitrogen and oxygen atoms in total. The summed E-state index contributed by atoms with van der Waals surface area (Å²) in [7, 11) is 9.35. The van der Waals surface area contributed by atoms with Gasteiger partial charge in [0.15, 0.2) is 24.4 Å². The number of carbonyl (C=O) groups excluding carboxylic acids is 8. The highest BCUT2D eigenvalue weighted by atomic mass is 16.6. The summed E-state index contributed by atoms with van der Waals surface area (Å²) in [5.74, 6) is -7.13. The lowest BCUT2D eigenvalue weighted by atomic mass is 9.92. The highest BCUT2D eigenvalue weighted by molar-refractivity contribution is 6.32. The number of benzene rings is 2. The molecule has 8 atom stereocenters. The Labute approximate surface area is 417 Å². The summed E-state index contributed by atoms with van der Waals surface area (Å²) in [4.78, 5) is 120. The fraction of sp³-hybridized carbons (Fsp3) is 0.615. The summed E-state index contributed by atoms with van der Waals surface area (Å²) >= 11 is 0. The molecule has 18 heteroatoms. The van der Waals surface area contributed by atoms with Gasteiger partial charge in [0.25, 0.3) is 23.6 Å². The molecule has 0 bridgehead atoms. The molecule has 0 radical (unpaired) electrons. The molecule has 2 aromatic rings. The Bertz CT molecular complexity index is 2000. The number of hydrogen-bond acceptors (Lipinski definition) is 12. The molecule has 1 saturated heterocycles. The van der Waals surface area contributed by atoms with Crippen molar-refractivity contribution >= 4 is 74.1 Å². The second kappa shape index (κ2) is 26.5. The second-order valence-electron chi connectivity index (χ2n) is 20.8. The van der Waals surface area contributed by atoms with E-state index in [1.54, 1.807) is 24.3 Å². The summed E-state index contributed by atoms with van der Waals surface area (Å²) in [6.45, 7) is 17.6. The van der Waals surface area contributed by atoms with Crippen LogP contribution in [0.3, 0.4) is 0 Å². The van der Waals surface area contributed by atoms with Crippen LogP contribution in [0.1, 0.15) is 106 Å². The van der Waals surface area contributed by atoms with Crippen LogP contribution in [0.25, 0.3) is 0 Å². The van der Waals surface area contributed by atoms with Gasteiger partial charge in [-0.05, 0) is 74.3 Å². The zero-order chi connectivity index (χ0) is 52.9. The van der Waals surface area contributed by atoms with E-state index < -0.39 is 96.1 Å². The number of likely N-dealkylation sites (N-methyl/N-ethyl adjacent to an activating group) is 4. The van der Waals surface area contributed by atoms with Crippen molar-refractivity contribution in [3.05, 3.63) is 59.7 Å². The summed E-state index contributed by atoms with van der Waals surface area (Å²) in [5.41, 5.74) is 3.11. The molecule has 4 amide bonds. The number of carbonyl (C=O) groups is 8. The van der Waals surface area contributed by atoms with E-state index in [1.807, 2.05) is 95.3 Å². The van der Waals surface area contributed by atoms with Crippen LogP contribution in [0.4, 0.5) is 0 Å². The fourth-order valence-electron chi connectivity index (χ4n) is 8.59.